The molecule has 0 unspecified atom stereocenters. The van der Waals surface area contributed by atoms with Crippen LogP contribution < -0.4 is 4.74 Å². The molecular formula is C17H14Br2ClNO. The lowest BCUT2D eigenvalue weighted by Crippen LogP contribution is -1.96. The molecule has 0 saturated carbocycles. The highest BCUT2D eigenvalue weighted by Crippen LogP contribution is 2.34. The van der Waals surface area contributed by atoms with Gasteiger partial charge in [-0.2, -0.15) is 0 Å². The molecule has 2 aromatic carbocycles. The van der Waals surface area contributed by atoms with Crippen molar-refractivity contribution in [3.05, 3.63) is 68.1 Å². The van der Waals surface area contributed by atoms with Gasteiger partial charge in [0.2, 0.25) is 0 Å². The predicted octanol–water partition coefficient (Wildman–Crippen LogP) is 6.49. The van der Waals surface area contributed by atoms with Gasteiger partial charge < -0.3 is 4.74 Å². The molecule has 0 atom stereocenters. The number of hydrogen-bond acceptors (Lipinski definition) is 2. The number of halogens is 3. The van der Waals surface area contributed by atoms with Crippen LogP contribution in [0.15, 0.2) is 56.9 Å². The van der Waals surface area contributed by atoms with Crippen LogP contribution in [0.2, 0.25) is 5.02 Å². The molecule has 0 aromatic heterocycles. The van der Waals surface area contributed by atoms with E-state index in [0.717, 1.165) is 31.5 Å². The third-order valence-electron chi connectivity index (χ3n) is 2.96. The minimum atomic E-state index is 0.451. The maximum absolute atomic E-state index is 6.10. The Morgan fingerprint density at radius 2 is 1.95 bits per heavy atom. The van der Waals surface area contributed by atoms with Crippen molar-refractivity contribution in [2.75, 3.05) is 6.61 Å². The Kier molecular flexibility index (Phi) is 6.24. The summed E-state index contributed by atoms with van der Waals surface area (Å²) in [5.41, 5.74) is 2.76. The standard InChI is InChI=1S/C17H14Br2ClNO/c1-3-7-22-17-13(18)8-12(9-14(17)19)10-21-16-6-4-5-15(20)11(16)2/h3-6,8-10H,1,7H2,2H3. The van der Waals surface area contributed by atoms with Gasteiger partial charge >= 0.3 is 0 Å². The van der Waals surface area contributed by atoms with Gasteiger partial charge in [0.1, 0.15) is 12.4 Å². The first-order chi connectivity index (χ1) is 10.5. The van der Waals surface area contributed by atoms with Gasteiger partial charge in [-0.15, -0.1) is 0 Å². The Morgan fingerprint density at radius 3 is 2.59 bits per heavy atom. The van der Waals surface area contributed by atoms with Crippen LogP contribution in [-0.4, -0.2) is 12.8 Å². The highest BCUT2D eigenvalue weighted by Gasteiger charge is 2.08. The van der Waals surface area contributed by atoms with Crippen LogP contribution in [0.4, 0.5) is 5.69 Å². The average molecular weight is 444 g/mol. The summed E-state index contributed by atoms with van der Waals surface area (Å²) in [7, 11) is 0. The van der Waals surface area contributed by atoms with Gasteiger partial charge in [0.15, 0.2) is 0 Å². The first kappa shape index (κ1) is 17.3. The normalized spacial score (nSPS) is 10.9. The molecule has 5 heteroatoms. The van der Waals surface area contributed by atoms with Gasteiger partial charge in [-0.05, 0) is 74.2 Å². The molecule has 0 bridgehead atoms. The molecule has 0 saturated heterocycles. The topological polar surface area (TPSA) is 21.6 Å². The van der Waals surface area contributed by atoms with Crippen molar-refractivity contribution in [3.8, 4) is 5.75 Å². The number of rotatable bonds is 5. The monoisotopic (exact) mass is 441 g/mol. The number of benzene rings is 2. The molecule has 0 spiro atoms. The Bertz CT molecular complexity index is 706. The summed E-state index contributed by atoms with van der Waals surface area (Å²) >= 11 is 13.1. The van der Waals surface area contributed by atoms with E-state index in [1.165, 1.54) is 0 Å². The molecule has 22 heavy (non-hydrogen) atoms. The number of nitrogens with zero attached hydrogens (tertiary/aromatic N) is 1. The van der Waals surface area contributed by atoms with Gasteiger partial charge in [0, 0.05) is 11.2 Å². The molecule has 2 aromatic rings. The summed E-state index contributed by atoms with van der Waals surface area (Å²) in [5.74, 6) is 0.746. The van der Waals surface area contributed by atoms with Gasteiger partial charge in [-0.3, -0.25) is 4.99 Å². The fraction of sp³-hybridized carbons (Fsp3) is 0.118. The van der Waals surface area contributed by atoms with Crippen molar-refractivity contribution in [2.45, 2.75) is 6.92 Å². The van der Waals surface area contributed by atoms with E-state index in [4.69, 9.17) is 16.3 Å². The second-order valence-electron chi connectivity index (χ2n) is 4.56. The van der Waals surface area contributed by atoms with Crippen LogP contribution in [0.1, 0.15) is 11.1 Å². The lowest BCUT2D eigenvalue weighted by Gasteiger charge is -2.09. The van der Waals surface area contributed by atoms with E-state index in [0.29, 0.717) is 11.6 Å². The van der Waals surface area contributed by atoms with Crippen molar-refractivity contribution in [3.63, 3.8) is 0 Å². The molecule has 2 rings (SSSR count). The molecule has 0 aliphatic heterocycles. The van der Waals surface area contributed by atoms with Crippen molar-refractivity contribution < 1.29 is 4.74 Å². The van der Waals surface area contributed by atoms with Crippen LogP contribution in [0.5, 0.6) is 5.75 Å². The number of ether oxygens (including phenoxy) is 1. The zero-order valence-corrected chi connectivity index (χ0v) is 15.9. The lowest BCUT2D eigenvalue weighted by atomic mass is 10.2. The second kappa shape index (κ2) is 7.95. The van der Waals surface area contributed by atoms with E-state index >= 15 is 0 Å². The van der Waals surface area contributed by atoms with Crippen molar-refractivity contribution in [2.24, 2.45) is 4.99 Å². The molecule has 0 fully saturated rings. The van der Waals surface area contributed by atoms with Crippen molar-refractivity contribution in [1.82, 2.24) is 0 Å². The van der Waals surface area contributed by atoms with Crippen molar-refractivity contribution >= 4 is 55.4 Å². The quantitative estimate of drug-likeness (QED) is 0.382. The molecule has 0 amide bonds. The molecule has 0 N–H and O–H groups in total. The van der Waals surface area contributed by atoms with E-state index in [2.05, 4.69) is 43.4 Å². The summed E-state index contributed by atoms with van der Waals surface area (Å²) < 4.78 is 7.30. The van der Waals surface area contributed by atoms with Crippen LogP contribution in [0.3, 0.4) is 0 Å². The molecule has 2 nitrogen and oxygen atoms in total. The largest absolute Gasteiger partial charge is 0.487 e. The molecular weight excluding hydrogens is 429 g/mol. The van der Waals surface area contributed by atoms with Crippen LogP contribution in [0.25, 0.3) is 0 Å². The summed E-state index contributed by atoms with van der Waals surface area (Å²) in [4.78, 5) is 4.50. The third kappa shape index (κ3) is 4.22. The Balaban J connectivity index is 2.28. The lowest BCUT2D eigenvalue weighted by molar-refractivity contribution is 0.358. The van der Waals surface area contributed by atoms with Gasteiger partial charge in [-0.25, -0.2) is 0 Å². The molecule has 114 valence electrons. The molecule has 0 heterocycles. The summed E-state index contributed by atoms with van der Waals surface area (Å²) in [6.07, 6.45) is 3.50. The Morgan fingerprint density at radius 1 is 1.27 bits per heavy atom. The van der Waals surface area contributed by atoms with Gasteiger partial charge in [0.25, 0.3) is 0 Å². The molecule has 0 aliphatic carbocycles. The van der Waals surface area contributed by atoms with E-state index in [1.807, 2.05) is 37.3 Å². The highest BCUT2D eigenvalue weighted by atomic mass is 79.9. The van der Waals surface area contributed by atoms with E-state index in [-0.39, 0.29) is 0 Å². The minimum absolute atomic E-state index is 0.451. The predicted molar refractivity (Wildman–Crippen MR) is 101 cm³/mol. The maximum Gasteiger partial charge on any atom is 0.148 e. The van der Waals surface area contributed by atoms with E-state index in [9.17, 15) is 0 Å². The van der Waals surface area contributed by atoms with E-state index in [1.54, 1.807) is 12.3 Å². The van der Waals surface area contributed by atoms with Crippen LogP contribution in [-0.2, 0) is 0 Å². The maximum atomic E-state index is 6.10. The number of aliphatic imine (C=N–C) groups is 1. The third-order valence-corrected chi connectivity index (χ3v) is 4.55. The summed E-state index contributed by atoms with van der Waals surface area (Å²) in [6, 6.07) is 9.58. The molecule has 0 aliphatic rings. The fourth-order valence-corrected chi connectivity index (χ4v) is 3.43. The SMILES string of the molecule is C=CCOc1c(Br)cc(C=Nc2cccc(Cl)c2C)cc1Br. The minimum Gasteiger partial charge on any atom is -0.487 e. The zero-order valence-electron chi connectivity index (χ0n) is 11.9. The number of hydrogen-bond donors (Lipinski definition) is 0. The van der Waals surface area contributed by atoms with Gasteiger partial charge in [-0.1, -0.05) is 30.3 Å². The first-order valence-electron chi connectivity index (χ1n) is 6.55. The van der Waals surface area contributed by atoms with E-state index < -0.39 is 0 Å². The zero-order chi connectivity index (χ0) is 16.1. The smallest absolute Gasteiger partial charge is 0.148 e. The Hall–Kier alpha value is -1.10. The summed E-state index contributed by atoms with van der Waals surface area (Å²) in [6.45, 7) is 6.05. The van der Waals surface area contributed by atoms with Crippen LogP contribution >= 0.6 is 43.5 Å². The molecule has 0 radical (unpaired) electrons. The second-order valence-corrected chi connectivity index (χ2v) is 6.67. The Labute approximate surface area is 152 Å². The highest BCUT2D eigenvalue weighted by molar-refractivity contribution is 9.11. The van der Waals surface area contributed by atoms with Crippen LogP contribution in [0, 0.1) is 6.92 Å². The first-order valence-corrected chi connectivity index (χ1v) is 8.51. The fourth-order valence-electron chi connectivity index (χ4n) is 1.81. The average Bonchev–Trinajstić information content (AvgIpc) is 2.48. The van der Waals surface area contributed by atoms with Crippen molar-refractivity contribution in [1.29, 1.82) is 0 Å². The summed E-state index contributed by atoms with van der Waals surface area (Å²) in [5, 5.41) is 0.713. The van der Waals surface area contributed by atoms with Gasteiger partial charge in [0.05, 0.1) is 14.6 Å².